The highest BCUT2D eigenvalue weighted by Crippen LogP contribution is 2.55. The predicted molar refractivity (Wildman–Crippen MR) is 232 cm³/mol. The van der Waals surface area contributed by atoms with Crippen molar-refractivity contribution >= 4 is 41.3 Å². The van der Waals surface area contributed by atoms with E-state index in [2.05, 4.69) is 55.7 Å². The third-order valence-corrected chi connectivity index (χ3v) is 14.7. The molecule has 10 aliphatic rings. The van der Waals surface area contributed by atoms with Gasteiger partial charge >= 0.3 is 0 Å². The van der Waals surface area contributed by atoms with Crippen LogP contribution < -0.4 is 43.4 Å². The smallest absolute Gasteiger partial charge is 0.238 e. The quantitative estimate of drug-likeness (QED) is 0.127. The van der Waals surface area contributed by atoms with Crippen molar-refractivity contribution in [1.29, 1.82) is 10.8 Å². The van der Waals surface area contributed by atoms with E-state index in [1.807, 2.05) is 68.2 Å². The molecule has 3 amide bonds. The number of nitrogens with two attached hydrogens (primary N) is 2. The van der Waals surface area contributed by atoms with Crippen molar-refractivity contribution in [2.45, 2.75) is 103 Å². The molecule has 0 radical (unpaired) electrons. The first-order valence-electron chi connectivity index (χ1n) is 21.8. The zero-order valence-corrected chi connectivity index (χ0v) is 36.8. The van der Waals surface area contributed by atoms with Gasteiger partial charge in [0.2, 0.25) is 17.7 Å². The fourth-order valence-electron chi connectivity index (χ4n) is 11.3. The maximum atomic E-state index is 12.2. The van der Waals surface area contributed by atoms with Gasteiger partial charge in [-0.2, -0.15) is 0 Å². The molecule has 338 valence electrons. The summed E-state index contributed by atoms with van der Waals surface area (Å²) in [7, 11) is 3.83. The third-order valence-electron chi connectivity index (χ3n) is 14.7. The molecule has 20 nitrogen and oxygen atoms in total. The van der Waals surface area contributed by atoms with Crippen molar-refractivity contribution in [3.8, 4) is 0 Å². The Balaban J connectivity index is 0.000000129. The molecular weight excluding hydrogens is 795 g/mol. The number of fused-ring (bicyclic) bond motifs is 5. The highest BCUT2D eigenvalue weighted by Gasteiger charge is 2.59. The molecule has 20 heteroatoms. The molecule has 5 fully saturated rings. The Hall–Kier alpha value is -5.05. The average molecular weight is 860 g/mol. The monoisotopic (exact) mass is 860 g/mol. The van der Waals surface area contributed by atoms with E-state index in [1.54, 1.807) is 6.92 Å². The second-order valence-electron chi connectivity index (χ2n) is 19.9. The van der Waals surface area contributed by atoms with Gasteiger partial charge in [0, 0.05) is 74.7 Å². The minimum atomic E-state index is -0.421. The SMILES string of the molecule is CC(=N)C1=CN(C(C)(C)C)C2NC(=N)NC(=O)C12.CC1C(O)C2CC2C1NCC1=CN(C)C2N=C(N)NC(=O)C12.CC1C(O)C2CC2C1NCC1=CN(C)C2N=C(N)NC(=O)C12. The number of hydrogen-bond donors (Lipinski definition) is 12. The van der Waals surface area contributed by atoms with Gasteiger partial charge < -0.3 is 57.7 Å². The van der Waals surface area contributed by atoms with E-state index in [1.165, 1.54) is 0 Å². The van der Waals surface area contributed by atoms with Crippen LogP contribution in [0.2, 0.25) is 0 Å². The topological polar surface area (TPSA) is 298 Å². The molecule has 6 aliphatic heterocycles. The molecule has 10 rings (SSSR count). The summed E-state index contributed by atoms with van der Waals surface area (Å²) in [4.78, 5) is 51.0. The molecule has 0 aromatic carbocycles. The van der Waals surface area contributed by atoms with E-state index in [9.17, 15) is 24.6 Å². The second-order valence-corrected chi connectivity index (χ2v) is 19.9. The molecule has 4 saturated carbocycles. The first-order valence-corrected chi connectivity index (χ1v) is 21.8. The number of aliphatic hydroxyl groups is 2. The minimum absolute atomic E-state index is 0.0211. The van der Waals surface area contributed by atoms with E-state index in [-0.39, 0.29) is 95.5 Å². The van der Waals surface area contributed by atoms with Crippen molar-refractivity contribution < 1.29 is 24.6 Å². The molecule has 0 aromatic rings. The highest BCUT2D eigenvalue weighted by molar-refractivity contribution is 6.08. The van der Waals surface area contributed by atoms with Gasteiger partial charge in [0.1, 0.15) is 36.3 Å². The molecule has 16 atom stereocenters. The summed E-state index contributed by atoms with van der Waals surface area (Å²) in [6.07, 6.45) is 6.98. The maximum absolute atomic E-state index is 12.2. The van der Waals surface area contributed by atoms with E-state index < -0.39 is 5.92 Å². The summed E-state index contributed by atoms with van der Waals surface area (Å²) < 4.78 is 0. The maximum Gasteiger partial charge on any atom is 0.238 e. The Morgan fingerprint density at radius 2 is 1.21 bits per heavy atom. The van der Waals surface area contributed by atoms with Crippen LogP contribution >= 0.6 is 0 Å². The lowest BCUT2D eigenvalue weighted by atomic mass is 9.93. The number of aliphatic imine (C=N–C) groups is 2. The molecule has 0 aromatic heterocycles. The largest absolute Gasteiger partial charge is 0.392 e. The molecule has 14 N–H and O–H groups in total. The highest BCUT2D eigenvalue weighted by atomic mass is 16.3. The number of aliphatic hydroxyl groups excluding tert-OH is 2. The van der Waals surface area contributed by atoms with Crippen LogP contribution in [0.15, 0.2) is 45.3 Å². The molecule has 4 aliphatic carbocycles. The zero-order valence-electron chi connectivity index (χ0n) is 36.8. The van der Waals surface area contributed by atoms with E-state index in [0.717, 1.165) is 24.0 Å². The number of amides is 3. The Labute approximate surface area is 362 Å². The van der Waals surface area contributed by atoms with E-state index in [0.29, 0.717) is 60.1 Å². The molecule has 62 heavy (non-hydrogen) atoms. The lowest BCUT2D eigenvalue weighted by molar-refractivity contribution is -0.125. The summed E-state index contributed by atoms with van der Waals surface area (Å²) in [5.41, 5.74) is 14.3. The Bertz CT molecular complexity index is 1960. The summed E-state index contributed by atoms with van der Waals surface area (Å²) in [6, 6.07) is 0.677. The molecule has 6 heterocycles. The normalized spacial score (nSPS) is 40.5. The number of carbonyl (C=O) groups is 3. The lowest BCUT2D eigenvalue weighted by Crippen LogP contribution is -2.64. The Morgan fingerprint density at radius 3 is 1.60 bits per heavy atom. The van der Waals surface area contributed by atoms with Crippen LogP contribution in [0.3, 0.4) is 0 Å². The number of nitrogens with one attached hydrogen (secondary N) is 8. The van der Waals surface area contributed by atoms with Crippen molar-refractivity contribution in [3.05, 3.63) is 35.3 Å². The van der Waals surface area contributed by atoms with Crippen LogP contribution in [-0.2, 0) is 14.4 Å². The number of nitrogens with zero attached hydrogens (tertiary/aromatic N) is 5. The van der Waals surface area contributed by atoms with Gasteiger partial charge in [0.05, 0.1) is 12.2 Å². The van der Waals surface area contributed by atoms with Gasteiger partial charge in [-0.25, -0.2) is 9.98 Å². The van der Waals surface area contributed by atoms with Gasteiger partial charge in [0.25, 0.3) is 0 Å². The summed E-state index contributed by atoms with van der Waals surface area (Å²) in [5, 5.41) is 53.4. The Kier molecular flexibility index (Phi) is 11.2. The Morgan fingerprint density at radius 1 is 0.774 bits per heavy atom. The summed E-state index contributed by atoms with van der Waals surface area (Å²) in [5.74, 6) is 1.72. The standard InChI is InChI=1S/2C15H23N5O2.C12H19N5O/c2*1-6-11(8-3-9(8)12(6)21)17-4-7-5-20(2)13-10(7)14(22)19-15(16)18-13;1-6(13)7-5-17(12(2,3)4)9-8(7)10(18)16-11(14)15-9/h2*5-6,8-13,17,21H,3-4H2,1-2H3,(H3,16,18,19,22);5,8-9,13H,1-4H3,(H3,14,15,16,18). The third kappa shape index (κ3) is 7.83. The summed E-state index contributed by atoms with van der Waals surface area (Å²) in [6.45, 7) is 13.3. The fourth-order valence-corrected chi connectivity index (χ4v) is 11.3. The number of carbonyl (C=O) groups excluding carboxylic acids is 3. The van der Waals surface area contributed by atoms with Gasteiger partial charge in [-0.15, -0.1) is 0 Å². The van der Waals surface area contributed by atoms with Crippen LogP contribution in [0.1, 0.15) is 54.4 Å². The molecule has 0 bridgehead atoms. The van der Waals surface area contributed by atoms with Crippen LogP contribution in [-0.4, -0.2) is 142 Å². The average Bonchev–Trinajstić information content (AvgIpc) is 3.99. The zero-order chi connectivity index (χ0) is 44.8. The first-order chi connectivity index (χ1) is 29.2. The number of hydrogen-bond acceptors (Lipinski definition) is 16. The molecular formula is C42H65N15O5. The molecule has 0 spiro atoms. The van der Waals surface area contributed by atoms with Crippen LogP contribution in [0.25, 0.3) is 0 Å². The first kappa shape index (κ1) is 43.6. The van der Waals surface area contributed by atoms with Gasteiger partial charge in [-0.3, -0.25) is 35.7 Å². The fraction of sp³-hybridized carbons (Fsp3) is 0.690. The second kappa shape index (κ2) is 15.9. The van der Waals surface area contributed by atoms with Gasteiger partial charge in [-0.1, -0.05) is 13.8 Å². The number of guanidine groups is 3. The number of rotatable bonds is 7. The molecule has 16 unspecified atom stereocenters. The van der Waals surface area contributed by atoms with Crippen molar-refractivity contribution in [2.24, 2.45) is 74.7 Å². The van der Waals surface area contributed by atoms with Gasteiger partial charge in [-0.05, 0) is 87.2 Å². The van der Waals surface area contributed by atoms with Crippen molar-refractivity contribution in [1.82, 2.24) is 46.6 Å². The molecule has 1 saturated heterocycles. The van der Waals surface area contributed by atoms with Crippen LogP contribution in [0.4, 0.5) is 0 Å². The van der Waals surface area contributed by atoms with Crippen LogP contribution in [0.5, 0.6) is 0 Å². The predicted octanol–water partition coefficient (Wildman–Crippen LogP) is -1.76. The van der Waals surface area contributed by atoms with Crippen molar-refractivity contribution in [3.63, 3.8) is 0 Å². The van der Waals surface area contributed by atoms with E-state index >= 15 is 0 Å². The lowest BCUT2D eigenvalue weighted by Gasteiger charge is -2.41. The van der Waals surface area contributed by atoms with Crippen LogP contribution in [0, 0.1) is 64.1 Å². The minimum Gasteiger partial charge on any atom is -0.392 e. The van der Waals surface area contributed by atoms with Crippen molar-refractivity contribution in [2.75, 3.05) is 27.2 Å². The van der Waals surface area contributed by atoms with E-state index in [4.69, 9.17) is 22.3 Å². The summed E-state index contributed by atoms with van der Waals surface area (Å²) >= 11 is 0. The van der Waals surface area contributed by atoms with Gasteiger partial charge in [0.15, 0.2) is 17.9 Å².